The Hall–Kier alpha value is -1.69. The Kier molecular flexibility index (Phi) is 5.50. The third kappa shape index (κ3) is 4.39. The number of rotatable bonds is 5. The molecular formula is C15H23N3O3. The van der Waals surface area contributed by atoms with Crippen molar-refractivity contribution in [3.8, 4) is 0 Å². The predicted octanol–water partition coefficient (Wildman–Crippen LogP) is 1.20. The van der Waals surface area contributed by atoms with Crippen molar-refractivity contribution >= 4 is 5.91 Å². The molecule has 1 amide bonds. The molecule has 0 saturated heterocycles. The van der Waals surface area contributed by atoms with Crippen molar-refractivity contribution in [3.05, 3.63) is 28.2 Å². The molecule has 0 spiro atoms. The van der Waals surface area contributed by atoms with E-state index >= 15 is 0 Å². The van der Waals surface area contributed by atoms with Gasteiger partial charge in [0.1, 0.15) is 5.69 Å². The summed E-state index contributed by atoms with van der Waals surface area (Å²) in [6.45, 7) is 2.94. The maximum atomic E-state index is 12.2. The first kappa shape index (κ1) is 15.7. The SMILES string of the molecule is COCCn1nc(C(=O)N[C@H]2CCC[C@@H](C)C2)ccc1=O. The number of hydrogen-bond donors (Lipinski definition) is 1. The highest BCUT2D eigenvalue weighted by Crippen LogP contribution is 2.23. The summed E-state index contributed by atoms with van der Waals surface area (Å²) in [4.78, 5) is 23.9. The van der Waals surface area contributed by atoms with Crippen molar-refractivity contribution < 1.29 is 9.53 Å². The monoisotopic (exact) mass is 293 g/mol. The van der Waals surface area contributed by atoms with Gasteiger partial charge in [0, 0.05) is 19.2 Å². The predicted molar refractivity (Wildman–Crippen MR) is 79.3 cm³/mol. The first-order valence-corrected chi connectivity index (χ1v) is 7.48. The lowest BCUT2D eigenvalue weighted by Crippen LogP contribution is -2.39. The van der Waals surface area contributed by atoms with Crippen molar-refractivity contribution in [2.24, 2.45) is 5.92 Å². The Bertz CT molecular complexity index is 541. The minimum absolute atomic E-state index is 0.208. The molecule has 116 valence electrons. The van der Waals surface area contributed by atoms with Crippen molar-refractivity contribution in [2.45, 2.75) is 45.2 Å². The third-order valence-electron chi connectivity index (χ3n) is 3.88. The second kappa shape index (κ2) is 7.36. The normalized spacial score (nSPS) is 22.0. The summed E-state index contributed by atoms with van der Waals surface area (Å²) >= 11 is 0. The highest BCUT2D eigenvalue weighted by Gasteiger charge is 2.21. The lowest BCUT2D eigenvalue weighted by Gasteiger charge is -2.27. The number of amides is 1. The smallest absolute Gasteiger partial charge is 0.271 e. The molecule has 1 aliphatic rings. The molecule has 2 atom stereocenters. The zero-order valence-corrected chi connectivity index (χ0v) is 12.7. The molecule has 1 saturated carbocycles. The second-order valence-corrected chi connectivity index (χ2v) is 5.71. The van der Waals surface area contributed by atoms with E-state index in [0.717, 1.165) is 19.3 Å². The first-order chi connectivity index (χ1) is 10.1. The van der Waals surface area contributed by atoms with Crippen LogP contribution < -0.4 is 10.9 Å². The van der Waals surface area contributed by atoms with Crippen LogP contribution in [0.15, 0.2) is 16.9 Å². The molecule has 6 nitrogen and oxygen atoms in total. The topological polar surface area (TPSA) is 73.2 Å². The van der Waals surface area contributed by atoms with Gasteiger partial charge in [-0.05, 0) is 24.8 Å². The zero-order chi connectivity index (χ0) is 15.2. The number of ether oxygens (including phenoxy) is 1. The van der Waals surface area contributed by atoms with Crippen LogP contribution in [-0.4, -0.2) is 35.4 Å². The molecule has 1 heterocycles. The standard InChI is InChI=1S/C15H23N3O3/c1-11-4-3-5-12(10-11)16-15(20)13-6-7-14(19)18(17-13)8-9-21-2/h6-7,11-12H,3-5,8-10H2,1-2H3,(H,16,20)/t11-,12+/m1/s1. The first-order valence-electron chi connectivity index (χ1n) is 7.48. The lowest BCUT2D eigenvalue weighted by atomic mass is 9.87. The summed E-state index contributed by atoms with van der Waals surface area (Å²) in [7, 11) is 1.56. The molecule has 21 heavy (non-hydrogen) atoms. The molecule has 0 radical (unpaired) electrons. The Morgan fingerprint density at radius 2 is 2.29 bits per heavy atom. The minimum Gasteiger partial charge on any atom is -0.383 e. The van der Waals surface area contributed by atoms with Crippen LogP contribution >= 0.6 is 0 Å². The van der Waals surface area contributed by atoms with Gasteiger partial charge in [-0.25, -0.2) is 4.68 Å². The van der Waals surface area contributed by atoms with Crippen LogP contribution in [0.5, 0.6) is 0 Å². The Labute approximate surface area is 124 Å². The van der Waals surface area contributed by atoms with E-state index in [1.165, 1.54) is 23.2 Å². The van der Waals surface area contributed by atoms with Crippen LogP contribution in [0.4, 0.5) is 0 Å². The molecule has 6 heteroatoms. The van der Waals surface area contributed by atoms with Gasteiger partial charge in [-0.1, -0.05) is 19.8 Å². The Balaban J connectivity index is 2.03. The van der Waals surface area contributed by atoms with Crippen molar-refractivity contribution in [1.82, 2.24) is 15.1 Å². The van der Waals surface area contributed by atoms with Gasteiger partial charge in [-0.3, -0.25) is 9.59 Å². The Morgan fingerprint density at radius 3 is 3.00 bits per heavy atom. The van der Waals surface area contributed by atoms with E-state index < -0.39 is 0 Å². The van der Waals surface area contributed by atoms with Gasteiger partial charge in [0.05, 0.1) is 13.2 Å². The average molecular weight is 293 g/mol. The van der Waals surface area contributed by atoms with Gasteiger partial charge in [-0.2, -0.15) is 5.10 Å². The zero-order valence-electron chi connectivity index (χ0n) is 12.7. The van der Waals surface area contributed by atoms with Crippen LogP contribution in [0.2, 0.25) is 0 Å². The molecular weight excluding hydrogens is 270 g/mol. The van der Waals surface area contributed by atoms with Gasteiger partial charge in [0.25, 0.3) is 11.5 Å². The van der Waals surface area contributed by atoms with E-state index in [0.29, 0.717) is 19.1 Å². The summed E-state index contributed by atoms with van der Waals surface area (Å²) in [5.41, 5.74) is 0.0545. The maximum Gasteiger partial charge on any atom is 0.271 e. The number of nitrogens with one attached hydrogen (secondary N) is 1. The van der Waals surface area contributed by atoms with Crippen LogP contribution in [-0.2, 0) is 11.3 Å². The van der Waals surface area contributed by atoms with Crippen molar-refractivity contribution in [3.63, 3.8) is 0 Å². The fourth-order valence-corrected chi connectivity index (χ4v) is 2.73. The van der Waals surface area contributed by atoms with E-state index in [9.17, 15) is 9.59 Å². The highest BCUT2D eigenvalue weighted by atomic mass is 16.5. The van der Waals surface area contributed by atoms with E-state index in [2.05, 4.69) is 17.3 Å². The van der Waals surface area contributed by atoms with Crippen LogP contribution in [0.25, 0.3) is 0 Å². The maximum absolute atomic E-state index is 12.2. The summed E-state index contributed by atoms with van der Waals surface area (Å²) in [6.07, 6.45) is 4.40. The summed E-state index contributed by atoms with van der Waals surface area (Å²) in [5.74, 6) is 0.438. The largest absolute Gasteiger partial charge is 0.383 e. The average Bonchev–Trinajstić information content (AvgIpc) is 2.46. The quantitative estimate of drug-likeness (QED) is 0.885. The second-order valence-electron chi connectivity index (χ2n) is 5.71. The van der Waals surface area contributed by atoms with Gasteiger partial charge in [0.2, 0.25) is 0 Å². The Morgan fingerprint density at radius 1 is 1.48 bits per heavy atom. The number of carbonyl (C=O) groups excluding carboxylic acids is 1. The number of nitrogens with zero attached hydrogens (tertiary/aromatic N) is 2. The minimum atomic E-state index is -0.227. The van der Waals surface area contributed by atoms with Gasteiger partial charge in [0.15, 0.2) is 0 Å². The third-order valence-corrected chi connectivity index (χ3v) is 3.88. The number of carbonyl (C=O) groups is 1. The molecule has 1 aromatic rings. The fraction of sp³-hybridized carbons (Fsp3) is 0.667. The summed E-state index contributed by atoms with van der Waals surface area (Å²) in [6, 6.07) is 3.07. The molecule has 1 N–H and O–H groups in total. The van der Waals surface area contributed by atoms with Crippen molar-refractivity contribution in [2.75, 3.05) is 13.7 Å². The molecule has 1 fully saturated rings. The fourth-order valence-electron chi connectivity index (χ4n) is 2.73. The van der Waals surface area contributed by atoms with Crippen molar-refractivity contribution in [1.29, 1.82) is 0 Å². The number of aromatic nitrogens is 2. The summed E-state index contributed by atoms with van der Waals surface area (Å²) in [5, 5.41) is 7.13. The molecule has 1 aliphatic carbocycles. The number of methoxy groups -OCH3 is 1. The van der Waals surface area contributed by atoms with E-state index in [1.807, 2.05) is 0 Å². The van der Waals surface area contributed by atoms with Crippen LogP contribution in [0, 0.1) is 5.92 Å². The molecule has 0 aromatic carbocycles. The van der Waals surface area contributed by atoms with Crippen LogP contribution in [0.3, 0.4) is 0 Å². The number of hydrogen-bond acceptors (Lipinski definition) is 4. The molecule has 2 rings (SSSR count). The van der Waals surface area contributed by atoms with Gasteiger partial charge in [-0.15, -0.1) is 0 Å². The highest BCUT2D eigenvalue weighted by molar-refractivity contribution is 5.92. The molecule has 0 bridgehead atoms. The summed E-state index contributed by atoms with van der Waals surface area (Å²) < 4.78 is 6.20. The molecule has 0 unspecified atom stereocenters. The van der Waals surface area contributed by atoms with E-state index in [4.69, 9.17) is 4.74 Å². The van der Waals surface area contributed by atoms with E-state index in [1.54, 1.807) is 7.11 Å². The lowest BCUT2D eigenvalue weighted by molar-refractivity contribution is 0.0912. The molecule has 1 aromatic heterocycles. The van der Waals surface area contributed by atoms with E-state index in [-0.39, 0.29) is 23.2 Å². The van der Waals surface area contributed by atoms with Crippen LogP contribution in [0.1, 0.15) is 43.1 Å². The van der Waals surface area contributed by atoms with Gasteiger partial charge < -0.3 is 10.1 Å². The van der Waals surface area contributed by atoms with Gasteiger partial charge >= 0.3 is 0 Å². The molecule has 0 aliphatic heterocycles.